The van der Waals surface area contributed by atoms with Crippen molar-refractivity contribution < 1.29 is 43.9 Å². The lowest BCUT2D eigenvalue weighted by molar-refractivity contribution is -0.181. The van der Waals surface area contributed by atoms with E-state index < -0.39 is 41.2 Å². The average molecular weight is 789 g/mol. The van der Waals surface area contributed by atoms with E-state index in [1.807, 2.05) is 6.07 Å². The number of aliphatic hydroxyl groups excluding tert-OH is 2. The van der Waals surface area contributed by atoms with Crippen molar-refractivity contribution in [2.24, 2.45) is 34.5 Å². The Balaban J connectivity index is 1.30. The van der Waals surface area contributed by atoms with E-state index in [2.05, 4.69) is 22.5 Å². The summed E-state index contributed by atoms with van der Waals surface area (Å²) >= 11 is 0. The Hall–Kier alpha value is -3.33. The molecule has 4 aliphatic carbocycles. The van der Waals surface area contributed by atoms with Crippen LogP contribution in [0.25, 0.3) is 0 Å². The molecule has 0 bridgehead atoms. The smallest absolute Gasteiger partial charge is 0.332 e. The highest BCUT2D eigenvalue weighted by Crippen LogP contribution is 2.64. The number of rotatable bonds is 7. The second-order valence-electron chi connectivity index (χ2n) is 19.0. The van der Waals surface area contributed by atoms with Gasteiger partial charge in [-0.05, 0) is 114 Å². The highest BCUT2D eigenvalue weighted by atomic mass is 16.6. The molecule has 57 heavy (non-hydrogen) atoms. The van der Waals surface area contributed by atoms with Crippen LogP contribution in [-0.2, 0) is 23.9 Å². The van der Waals surface area contributed by atoms with Crippen LogP contribution in [0.5, 0.6) is 11.5 Å². The lowest BCUT2D eigenvalue weighted by Gasteiger charge is -2.56. The maximum atomic E-state index is 15.1. The molecule has 2 saturated heterocycles. The van der Waals surface area contributed by atoms with Gasteiger partial charge in [-0.15, -0.1) is 5.92 Å². The Morgan fingerprint density at radius 1 is 1.02 bits per heavy atom. The molecule has 3 heterocycles. The number of benzene rings is 1. The summed E-state index contributed by atoms with van der Waals surface area (Å²) in [5.41, 5.74) is 0.0205. The number of amides is 1. The van der Waals surface area contributed by atoms with Gasteiger partial charge in [-0.3, -0.25) is 9.59 Å². The molecule has 7 aliphatic rings. The van der Waals surface area contributed by atoms with Crippen LogP contribution in [0.4, 0.5) is 0 Å². The highest BCUT2D eigenvalue weighted by molar-refractivity contribution is 5.90. The number of aliphatic hydroxyl groups is 2. The minimum absolute atomic E-state index is 0.00272. The molecule has 1 amide bonds. The lowest BCUT2D eigenvalue weighted by atomic mass is 9.51. The third kappa shape index (κ3) is 7.46. The Kier molecular flexibility index (Phi) is 11.6. The van der Waals surface area contributed by atoms with Gasteiger partial charge in [0.2, 0.25) is 5.91 Å². The van der Waals surface area contributed by atoms with Gasteiger partial charge in [0, 0.05) is 66.9 Å². The summed E-state index contributed by atoms with van der Waals surface area (Å²) in [6.45, 7) is 5.08. The minimum atomic E-state index is -1.10. The number of hydrogen-bond acceptors (Lipinski definition) is 10. The molecule has 11 nitrogen and oxygen atoms in total. The molecule has 312 valence electrons. The Morgan fingerprint density at radius 2 is 1.79 bits per heavy atom. The third-order valence-electron chi connectivity index (χ3n) is 15.7. The highest BCUT2D eigenvalue weighted by Gasteiger charge is 2.60. The fourth-order valence-corrected chi connectivity index (χ4v) is 13.2. The molecule has 10 atom stereocenters. The normalized spacial score (nSPS) is 36.0. The van der Waals surface area contributed by atoms with E-state index >= 15 is 4.79 Å². The number of nitrogens with one attached hydrogen (secondary N) is 2. The summed E-state index contributed by atoms with van der Waals surface area (Å²) in [7, 11) is 0. The molecule has 8 rings (SSSR count). The van der Waals surface area contributed by atoms with E-state index in [0.717, 1.165) is 56.1 Å². The number of phenolic OH excluding ortho intramolecular Hbond substituents is 1. The second-order valence-corrected chi connectivity index (χ2v) is 19.0. The van der Waals surface area contributed by atoms with Crippen molar-refractivity contribution in [3.63, 3.8) is 0 Å². The number of esters is 2. The topological polar surface area (TPSA) is 164 Å². The van der Waals surface area contributed by atoms with E-state index in [9.17, 15) is 24.9 Å². The second kappa shape index (κ2) is 16.4. The standard InChI is InChI=1S/C46H64N2O9/c1-28(50)22-30-8-7-9-31-24-35-36(44(27-49)15-5-6-16-44)26-55-42-37(52)13-12-34(40(35)42)41(31)45(18-20-47-21-19-45)38(25-33(23-30)56-29(2)51)57-43(54)46-17-4-3-10-32(46)11-14-39(53)48-46/h12-13,28,30-33,35-36,38,41,47,49-50,52H,3-6,8,10-11,14-27H2,1-2H3,(H,48,53). The summed E-state index contributed by atoms with van der Waals surface area (Å²) in [4.78, 5) is 41.0. The number of aromatic hydroxyl groups is 1. The molecule has 11 heteroatoms. The minimum Gasteiger partial charge on any atom is -0.504 e. The number of phenols is 1. The van der Waals surface area contributed by atoms with Crippen LogP contribution in [0.2, 0.25) is 0 Å². The number of ether oxygens (including phenoxy) is 3. The van der Waals surface area contributed by atoms with E-state index in [-0.39, 0.29) is 65.6 Å². The fourth-order valence-electron chi connectivity index (χ4n) is 13.2. The molecule has 0 aromatic heterocycles. The van der Waals surface area contributed by atoms with Gasteiger partial charge in [0.05, 0.1) is 12.7 Å². The van der Waals surface area contributed by atoms with E-state index in [4.69, 9.17) is 14.2 Å². The lowest BCUT2D eigenvalue weighted by Crippen LogP contribution is -2.65. The SMILES string of the molecule is CC(=O)OC1CC(CC(C)O)CC#CC2CC3c4c(ccc(O)c4OCC3C3(CO)CCCC3)C2C2(CCNCC2)C(OC(=O)C23CCCCC2CCC(=O)N3)C1. The monoisotopic (exact) mass is 788 g/mol. The van der Waals surface area contributed by atoms with Crippen molar-refractivity contribution in [1.82, 2.24) is 10.6 Å². The van der Waals surface area contributed by atoms with Crippen molar-refractivity contribution >= 4 is 17.8 Å². The third-order valence-corrected chi connectivity index (χ3v) is 15.7. The maximum absolute atomic E-state index is 15.1. The van der Waals surface area contributed by atoms with E-state index in [1.165, 1.54) is 6.92 Å². The Morgan fingerprint density at radius 3 is 2.53 bits per heavy atom. The largest absolute Gasteiger partial charge is 0.504 e. The van der Waals surface area contributed by atoms with Crippen LogP contribution in [0.1, 0.15) is 146 Å². The molecule has 10 unspecified atom stereocenters. The quantitative estimate of drug-likeness (QED) is 0.170. The van der Waals surface area contributed by atoms with E-state index in [0.29, 0.717) is 83.2 Å². The van der Waals surface area contributed by atoms with Crippen LogP contribution in [0.3, 0.4) is 0 Å². The van der Waals surface area contributed by atoms with Gasteiger partial charge in [-0.1, -0.05) is 37.7 Å². The molecule has 1 aromatic rings. The molecule has 1 spiro atoms. The zero-order valence-electron chi connectivity index (χ0n) is 34.0. The van der Waals surface area contributed by atoms with Gasteiger partial charge in [0.15, 0.2) is 11.5 Å². The van der Waals surface area contributed by atoms with Crippen molar-refractivity contribution in [2.75, 3.05) is 26.3 Å². The molecular weight excluding hydrogens is 725 g/mol. The zero-order chi connectivity index (χ0) is 40.0. The Labute approximate surface area is 337 Å². The van der Waals surface area contributed by atoms with Crippen molar-refractivity contribution in [1.29, 1.82) is 0 Å². The van der Waals surface area contributed by atoms with Crippen LogP contribution in [0.15, 0.2) is 12.1 Å². The number of hydrogen-bond donors (Lipinski definition) is 5. The van der Waals surface area contributed by atoms with Gasteiger partial charge >= 0.3 is 11.9 Å². The number of piperidine rings is 2. The molecule has 3 aliphatic heterocycles. The first-order valence-corrected chi connectivity index (χ1v) is 22.1. The first-order chi connectivity index (χ1) is 27.5. The summed E-state index contributed by atoms with van der Waals surface area (Å²) in [5, 5.41) is 39.8. The number of carbonyl (C=O) groups excluding carboxylic acids is 3. The van der Waals surface area contributed by atoms with Gasteiger partial charge in [-0.2, -0.15) is 0 Å². The van der Waals surface area contributed by atoms with Crippen LogP contribution >= 0.6 is 0 Å². The fraction of sp³-hybridized carbons (Fsp3) is 0.761. The molecule has 0 radical (unpaired) electrons. The van der Waals surface area contributed by atoms with Gasteiger partial charge < -0.3 is 40.2 Å². The molecular formula is C46H64N2O9. The van der Waals surface area contributed by atoms with Crippen LogP contribution < -0.4 is 15.4 Å². The number of carbonyl (C=O) groups is 3. The summed E-state index contributed by atoms with van der Waals surface area (Å²) in [6, 6.07) is 3.79. The molecule has 2 saturated carbocycles. The van der Waals surface area contributed by atoms with Gasteiger partial charge in [-0.25, -0.2) is 4.79 Å². The van der Waals surface area contributed by atoms with Crippen molar-refractivity contribution in [3.8, 4) is 23.3 Å². The molecule has 5 N–H and O–H groups in total. The summed E-state index contributed by atoms with van der Waals surface area (Å²) in [6.07, 6.45) is 10.2. The molecule has 1 aromatic carbocycles. The summed E-state index contributed by atoms with van der Waals surface area (Å²) in [5.74, 6) is 6.73. The summed E-state index contributed by atoms with van der Waals surface area (Å²) < 4.78 is 19.8. The maximum Gasteiger partial charge on any atom is 0.332 e. The van der Waals surface area contributed by atoms with Gasteiger partial charge in [0.1, 0.15) is 17.7 Å². The predicted octanol–water partition coefficient (Wildman–Crippen LogP) is 5.77. The van der Waals surface area contributed by atoms with Gasteiger partial charge in [0.25, 0.3) is 0 Å². The first kappa shape index (κ1) is 40.4. The van der Waals surface area contributed by atoms with Crippen molar-refractivity contribution in [2.45, 2.75) is 159 Å². The zero-order valence-corrected chi connectivity index (χ0v) is 34.0. The van der Waals surface area contributed by atoms with Crippen molar-refractivity contribution in [3.05, 3.63) is 23.3 Å². The predicted molar refractivity (Wildman–Crippen MR) is 212 cm³/mol. The van der Waals surface area contributed by atoms with Crippen LogP contribution in [-0.4, -0.2) is 83.3 Å². The Bertz CT molecular complexity index is 1740. The first-order valence-electron chi connectivity index (χ1n) is 22.1. The molecule has 4 fully saturated rings. The average Bonchev–Trinajstić information content (AvgIpc) is 3.68. The van der Waals surface area contributed by atoms with E-state index in [1.54, 1.807) is 13.0 Å². The van der Waals surface area contributed by atoms with Crippen LogP contribution in [0, 0.1) is 46.3 Å². The number of fused-ring (bicyclic) bond motifs is 4.